The largest absolute Gasteiger partial charge is 0.468 e. The highest BCUT2D eigenvalue weighted by Crippen LogP contribution is 2.54. The van der Waals surface area contributed by atoms with Gasteiger partial charge >= 0.3 is 5.97 Å². The fraction of sp³-hybridized carbons (Fsp3) is 0.550. The highest BCUT2D eigenvalue weighted by atomic mass is 16.5. The van der Waals surface area contributed by atoms with E-state index >= 15 is 0 Å². The first-order chi connectivity index (χ1) is 11.6. The molecule has 4 aliphatic rings. The van der Waals surface area contributed by atoms with Gasteiger partial charge in [-0.05, 0) is 42.7 Å². The molecule has 1 saturated carbocycles. The van der Waals surface area contributed by atoms with Gasteiger partial charge in [0.25, 0.3) is 0 Å². The van der Waals surface area contributed by atoms with Crippen molar-refractivity contribution >= 4 is 16.9 Å². The Morgan fingerprint density at radius 2 is 2.21 bits per heavy atom. The average Bonchev–Trinajstić information content (AvgIpc) is 2.93. The Labute approximate surface area is 142 Å². The predicted octanol–water partition coefficient (Wildman–Crippen LogP) is 2.87. The number of methoxy groups -OCH3 is 1. The van der Waals surface area contributed by atoms with Crippen LogP contribution in [0.2, 0.25) is 0 Å². The summed E-state index contributed by atoms with van der Waals surface area (Å²) in [5.74, 6) is 1.05. The molecule has 1 aromatic heterocycles. The predicted molar refractivity (Wildman–Crippen MR) is 92.9 cm³/mol. The standard InChI is InChI=1S/C20H24N2O2/c1-12-9-13-10-20(19(23)24-2)17-15(7-8-22(11-13)18(12)20)14-5-3-4-6-16(14)21-17/h3-6,12-13,18,21H,7-11H2,1-2H3/t12-,13+,18-,20+/m0/s1. The Balaban J connectivity index is 1.82. The van der Waals surface area contributed by atoms with Gasteiger partial charge in [-0.1, -0.05) is 25.1 Å². The van der Waals surface area contributed by atoms with Gasteiger partial charge in [0.2, 0.25) is 0 Å². The molecule has 1 N–H and O–H groups in total. The van der Waals surface area contributed by atoms with Crippen molar-refractivity contribution in [3.05, 3.63) is 35.5 Å². The van der Waals surface area contributed by atoms with E-state index in [0.717, 1.165) is 37.1 Å². The Morgan fingerprint density at radius 3 is 3.00 bits per heavy atom. The van der Waals surface area contributed by atoms with Crippen molar-refractivity contribution in [2.24, 2.45) is 11.8 Å². The fourth-order valence-corrected chi connectivity index (χ4v) is 6.12. The van der Waals surface area contributed by atoms with Gasteiger partial charge in [0.15, 0.2) is 0 Å². The summed E-state index contributed by atoms with van der Waals surface area (Å²) in [7, 11) is 1.54. The lowest BCUT2D eigenvalue weighted by Crippen LogP contribution is -2.66. The van der Waals surface area contributed by atoms with E-state index in [0.29, 0.717) is 11.8 Å². The lowest BCUT2D eigenvalue weighted by atomic mass is 9.57. The number of nitrogens with one attached hydrogen (secondary N) is 1. The summed E-state index contributed by atoms with van der Waals surface area (Å²) in [4.78, 5) is 19.4. The summed E-state index contributed by atoms with van der Waals surface area (Å²) in [6.45, 7) is 4.49. The number of nitrogens with zero attached hydrogens (tertiary/aromatic N) is 1. The number of carbonyl (C=O) groups excluding carboxylic acids is 1. The Hall–Kier alpha value is -1.81. The summed E-state index contributed by atoms with van der Waals surface area (Å²) in [5.41, 5.74) is 3.09. The molecule has 4 heteroatoms. The number of esters is 1. The van der Waals surface area contributed by atoms with E-state index in [1.54, 1.807) is 7.11 Å². The molecule has 126 valence electrons. The van der Waals surface area contributed by atoms with E-state index in [1.165, 1.54) is 17.4 Å². The third-order valence-corrected chi connectivity index (χ3v) is 6.70. The number of H-pyrrole nitrogens is 1. The molecule has 1 aromatic carbocycles. The van der Waals surface area contributed by atoms with Crippen molar-refractivity contribution in [3.63, 3.8) is 0 Å². The lowest BCUT2D eigenvalue weighted by molar-refractivity contribution is -0.161. The lowest BCUT2D eigenvalue weighted by Gasteiger charge is -2.57. The SMILES string of the molecule is COC(=O)[C@@]12C[C@H]3C[C@H](C)[C@@H]1N(CCc1c2[nH]c2ccccc12)C3. The van der Waals surface area contributed by atoms with Crippen molar-refractivity contribution in [2.45, 2.75) is 37.6 Å². The Kier molecular flexibility index (Phi) is 2.94. The number of para-hydroxylation sites is 1. The number of carbonyl (C=O) groups is 1. The number of ether oxygens (including phenoxy) is 1. The van der Waals surface area contributed by atoms with Crippen molar-refractivity contribution in [1.29, 1.82) is 0 Å². The van der Waals surface area contributed by atoms with Crippen LogP contribution in [0.25, 0.3) is 10.9 Å². The van der Waals surface area contributed by atoms with Gasteiger partial charge in [-0.25, -0.2) is 0 Å². The maximum atomic E-state index is 13.2. The molecule has 2 aromatic rings. The second-order valence-corrected chi connectivity index (χ2v) is 7.96. The molecule has 0 spiro atoms. The first-order valence-corrected chi connectivity index (χ1v) is 9.07. The van der Waals surface area contributed by atoms with Gasteiger partial charge in [-0.2, -0.15) is 0 Å². The molecule has 4 nitrogen and oxygen atoms in total. The normalized spacial score (nSPS) is 37.1. The van der Waals surface area contributed by atoms with E-state index in [2.05, 4.69) is 41.1 Å². The molecule has 4 heterocycles. The maximum Gasteiger partial charge on any atom is 0.319 e. The monoisotopic (exact) mass is 324 g/mol. The van der Waals surface area contributed by atoms with Crippen molar-refractivity contribution < 1.29 is 9.53 Å². The summed E-state index contributed by atoms with van der Waals surface area (Å²) in [5, 5.41) is 1.27. The Morgan fingerprint density at radius 1 is 1.38 bits per heavy atom. The maximum absolute atomic E-state index is 13.2. The van der Waals surface area contributed by atoms with Crippen LogP contribution < -0.4 is 0 Å². The van der Waals surface area contributed by atoms with Crippen LogP contribution in [0.5, 0.6) is 0 Å². The third-order valence-electron chi connectivity index (χ3n) is 6.70. The third kappa shape index (κ3) is 1.65. The number of rotatable bonds is 1. The minimum absolute atomic E-state index is 0.0524. The summed E-state index contributed by atoms with van der Waals surface area (Å²) in [6.07, 6.45) is 3.16. The summed E-state index contributed by atoms with van der Waals surface area (Å²) < 4.78 is 5.39. The van der Waals surface area contributed by atoms with Crippen LogP contribution in [0, 0.1) is 11.8 Å². The van der Waals surface area contributed by atoms with Crippen LogP contribution >= 0.6 is 0 Å². The molecule has 1 unspecified atom stereocenters. The molecular weight excluding hydrogens is 300 g/mol. The topological polar surface area (TPSA) is 45.3 Å². The van der Waals surface area contributed by atoms with Crippen LogP contribution in [0.4, 0.5) is 0 Å². The highest BCUT2D eigenvalue weighted by Gasteiger charge is 2.62. The number of benzene rings is 1. The zero-order valence-corrected chi connectivity index (χ0v) is 14.3. The molecule has 3 aliphatic heterocycles. The van der Waals surface area contributed by atoms with Crippen molar-refractivity contribution in [3.8, 4) is 0 Å². The fourth-order valence-electron chi connectivity index (χ4n) is 6.12. The molecule has 3 fully saturated rings. The molecule has 5 atom stereocenters. The van der Waals surface area contributed by atoms with E-state index in [9.17, 15) is 4.79 Å². The number of hydrogen-bond acceptors (Lipinski definition) is 3. The second kappa shape index (κ2) is 4.85. The molecule has 2 saturated heterocycles. The van der Waals surface area contributed by atoms with Gasteiger partial charge < -0.3 is 9.72 Å². The van der Waals surface area contributed by atoms with E-state index in [-0.39, 0.29) is 12.0 Å². The van der Waals surface area contributed by atoms with Crippen LogP contribution in [0.15, 0.2) is 24.3 Å². The van der Waals surface area contributed by atoms with Crippen LogP contribution in [0.1, 0.15) is 31.0 Å². The zero-order chi connectivity index (χ0) is 16.5. The molecule has 1 aliphatic carbocycles. The average molecular weight is 324 g/mol. The molecule has 4 bridgehead atoms. The number of aromatic nitrogens is 1. The zero-order valence-electron chi connectivity index (χ0n) is 14.3. The Bertz CT molecular complexity index is 826. The van der Waals surface area contributed by atoms with Crippen LogP contribution in [-0.4, -0.2) is 42.1 Å². The number of hydrogen-bond donors (Lipinski definition) is 1. The van der Waals surface area contributed by atoms with Gasteiger partial charge in [-0.15, -0.1) is 0 Å². The quantitative estimate of drug-likeness (QED) is 0.821. The minimum Gasteiger partial charge on any atom is -0.468 e. The molecule has 24 heavy (non-hydrogen) atoms. The van der Waals surface area contributed by atoms with Crippen LogP contribution in [-0.2, 0) is 21.4 Å². The molecule has 6 rings (SSSR count). The van der Waals surface area contributed by atoms with Gasteiger partial charge in [0.1, 0.15) is 5.41 Å². The number of fused-ring (bicyclic) bond motifs is 4. The van der Waals surface area contributed by atoms with Gasteiger partial charge in [0, 0.05) is 35.7 Å². The van der Waals surface area contributed by atoms with Gasteiger partial charge in [-0.3, -0.25) is 9.69 Å². The van der Waals surface area contributed by atoms with E-state index in [4.69, 9.17) is 4.74 Å². The number of aromatic amines is 1. The summed E-state index contributed by atoms with van der Waals surface area (Å²) in [6, 6.07) is 8.71. The first kappa shape index (κ1) is 14.5. The summed E-state index contributed by atoms with van der Waals surface area (Å²) >= 11 is 0. The second-order valence-electron chi connectivity index (χ2n) is 7.96. The minimum atomic E-state index is -0.528. The van der Waals surface area contributed by atoms with Crippen molar-refractivity contribution in [1.82, 2.24) is 9.88 Å². The van der Waals surface area contributed by atoms with Gasteiger partial charge in [0.05, 0.1) is 7.11 Å². The molecule has 0 amide bonds. The van der Waals surface area contributed by atoms with Crippen molar-refractivity contribution in [2.75, 3.05) is 20.2 Å². The first-order valence-electron chi connectivity index (χ1n) is 9.07. The smallest absolute Gasteiger partial charge is 0.319 e. The molecule has 0 radical (unpaired) electrons. The van der Waals surface area contributed by atoms with Crippen LogP contribution in [0.3, 0.4) is 0 Å². The highest BCUT2D eigenvalue weighted by molar-refractivity contribution is 5.91. The van der Waals surface area contributed by atoms with E-state index < -0.39 is 5.41 Å². The van der Waals surface area contributed by atoms with E-state index in [1.807, 2.05) is 0 Å². The number of piperidine rings is 2. The molecular formula is C20H24N2O2.